The van der Waals surface area contributed by atoms with E-state index in [0.717, 1.165) is 52.3 Å². The molecule has 206 valence electrons. The van der Waals surface area contributed by atoms with Gasteiger partial charge >= 0.3 is 15.5 Å². The monoisotopic (exact) mass is 594 g/mol. The van der Waals surface area contributed by atoms with Gasteiger partial charge in [-0.05, 0) is 61.1 Å². The number of hydrogen-bond donors (Lipinski definition) is 0. The van der Waals surface area contributed by atoms with Crippen LogP contribution < -0.4 is 0 Å². The topological polar surface area (TPSA) is 68.1 Å². The molecule has 0 spiro atoms. The van der Waals surface area contributed by atoms with Gasteiger partial charge in [-0.15, -0.1) is 11.3 Å². The van der Waals surface area contributed by atoms with Gasteiger partial charge in [-0.1, -0.05) is 36.2 Å². The Hall–Kier alpha value is -2.47. The van der Waals surface area contributed by atoms with Crippen molar-refractivity contribution in [3.8, 4) is 0 Å². The molecule has 3 heterocycles. The highest BCUT2D eigenvalue weighted by Crippen LogP contribution is 2.42. The second kappa shape index (κ2) is 10.2. The quantitative estimate of drug-likeness (QED) is 0.239. The molecule has 0 N–H and O–H groups in total. The molecule has 2 aromatic carbocycles. The van der Waals surface area contributed by atoms with E-state index in [2.05, 4.69) is 21.7 Å². The molecule has 2 aliphatic rings. The third-order valence-corrected chi connectivity index (χ3v) is 10.6. The molecule has 12 heteroatoms. The highest BCUT2D eigenvalue weighted by Gasteiger charge is 2.50. The molecule has 2 fully saturated rings. The van der Waals surface area contributed by atoms with Crippen molar-refractivity contribution in [3.05, 3.63) is 81.0 Å². The lowest BCUT2D eigenvalue weighted by atomic mass is 9.84. The third-order valence-electron chi connectivity index (χ3n) is 7.87. The zero-order chi connectivity index (χ0) is 27.4. The van der Waals surface area contributed by atoms with Crippen LogP contribution in [0.5, 0.6) is 0 Å². The number of nitrogens with zero attached hydrogens (tertiary/aromatic N) is 4. The Bertz CT molecular complexity index is 1580. The number of halogens is 4. The second-order valence-electron chi connectivity index (χ2n) is 10.2. The van der Waals surface area contributed by atoms with Crippen LogP contribution in [0.3, 0.4) is 0 Å². The highest BCUT2D eigenvalue weighted by molar-refractivity contribution is 7.90. The first-order valence-corrected chi connectivity index (χ1v) is 15.6. The second-order valence-corrected chi connectivity index (χ2v) is 13.4. The molecule has 1 aliphatic carbocycles. The van der Waals surface area contributed by atoms with Crippen LogP contribution in [0.2, 0.25) is 5.02 Å². The number of alkyl halides is 3. The standard InChI is InChI=1S/C27H26ClF3N4O2S2/c28-20-7-4-17(5-8-20)24(26-32-12-15-38-26)19-6-9-22-23(16-19)35(25(33-22)18-2-1-3-18)21-10-13-34(14-11-21)39(36,37)27(29,30)31/h4-9,12,15-16,18,21,24H,1-3,10-11,13-14H2. The molecule has 1 aliphatic heterocycles. The summed E-state index contributed by atoms with van der Waals surface area (Å²) >= 11 is 7.73. The summed E-state index contributed by atoms with van der Waals surface area (Å²) in [5.41, 5.74) is -1.47. The lowest BCUT2D eigenvalue weighted by Crippen LogP contribution is -2.45. The van der Waals surface area contributed by atoms with Crippen molar-refractivity contribution in [3.63, 3.8) is 0 Å². The Morgan fingerprint density at radius 1 is 1.00 bits per heavy atom. The maximum atomic E-state index is 13.2. The van der Waals surface area contributed by atoms with Crippen LogP contribution in [0.1, 0.15) is 71.9 Å². The Morgan fingerprint density at radius 3 is 2.28 bits per heavy atom. The predicted octanol–water partition coefficient (Wildman–Crippen LogP) is 7.08. The average molecular weight is 595 g/mol. The Kier molecular flexibility index (Phi) is 6.97. The Labute approximate surface area is 233 Å². The first kappa shape index (κ1) is 26.7. The molecule has 0 amide bonds. The zero-order valence-corrected chi connectivity index (χ0v) is 23.2. The van der Waals surface area contributed by atoms with E-state index >= 15 is 0 Å². The van der Waals surface area contributed by atoms with Crippen molar-refractivity contribution in [2.75, 3.05) is 13.1 Å². The van der Waals surface area contributed by atoms with E-state index in [1.54, 1.807) is 17.5 Å². The van der Waals surface area contributed by atoms with Crippen LogP contribution in [0.25, 0.3) is 11.0 Å². The van der Waals surface area contributed by atoms with E-state index in [0.29, 0.717) is 15.2 Å². The van der Waals surface area contributed by atoms with E-state index in [1.165, 1.54) is 0 Å². The predicted molar refractivity (Wildman–Crippen MR) is 146 cm³/mol. The summed E-state index contributed by atoms with van der Waals surface area (Å²) in [6, 6.07) is 13.7. The van der Waals surface area contributed by atoms with Crippen LogP contribution >= 0.6 is 22.9 Å². The number of hydrogen-bond acceptors (Lipinski definition) is 5. The summed E-state index contributed by atoms with van der Waals surface area (Å²) in [7, 11) is -5.34. The molecule has 6 nitrogen and oxygen atoms in total. The first-order chi connectivity index (χ1) is 18.6. The maximum Gasteiger partial charge on any atom is 0.511 e. The lowest BCUT2D eigenvalue weighted by Gasteiger charge is -2.35. The SMILES string of the molecule is O=S(=O)(N1CCC(n2c(C3CCC3)nc3ccc(C(c4ccc(Cl)cc4)c4nccs4)cc32)CC1)C(F)(F)F. The smallest absolute Gasteiger partial charge is 0.325 e. The fourth-order valence-electron chi connectivity index (χ4n) is 5.64. The summed E-state index contributed by atoms with van der Waals surface area (Å²) < 4.78 is 66.2. The molecule has 6 rings (SSSR count). The summed E-state index contributed by atoms with van der Waals surface area (Å²) in [5, 5.41) is 3.53. The largest absolute Gasteiger partial charge is 0.511 e. The number of piperidine rings is 1. The normalized spacial score (nSPS) is 18.9. The van der Waals surface area contributed by atoms with Crippen molar-refractivity contribution in [2.45, 2.75) is 55.5 Å². The summed E-state index contributed by atoms with van der Waals surface area (Å²) in [4.78, 5) is 9.58. The van der Waals surface area contributed by atoms with Crippen LogP contribution in [0, 0.1) is 0 Å². The number of fused-ring (bicyclic) bond motifs is 1. The minimum atomic E-state index is -5.34. The van der Waals surface area contributed by atoms with E-state index in [1.807, 2.05) is 35.7 Å². The number of imidazole rings is 1. The van der Waals surface area contributed by atoms with Gasteiger partial charge in [0.2, 0.25) is 0 Å². The van der Waals surface area contributed by atoms with Crippen molar-refractivity contribution < 1.29 is 21.6 Å². The number of thiazole rings is 1. The molecule has 39 heavy (non-hydrogen) atoms. The van der Waals surface area contributed by atoms with Gasteiger partial charge in [0.1, 0.15) is 10.8 Å². The van der Waals surface area contributed by atoms with E-state index in [9.17, 15) is 21.6 Å². The number of rotatable bonds is 6. The van der Waals surface area contributed by atoms with Gasteiger partial charge in [0, 0.05) is 41.6 Å². The Morgan fingerprint density at radius 2 is 1.69 bits per heavy atom. The van der Waals surface area contributed by atoms with E-state index in [4.69, 9.17) is 16.6 Å². The summed E-state index contributed by atoms with van der Waals surface area (Å²) in [6.07, 6.45) is 5.51. The van der Waals surface area contributed by atoms with Gasteiger partial charge in [0.05, 0.1) is 17.0 Å². The van der Waals surface area contributed by atoms with Gasteiger partial charge in [-0.2, -0.15) is 17.5 Å². The van der Waals surface area contributed by atoms with Crippen LogP contribution in [0.15, 0.2) is 54.0 Å². The molecule has 0 radical (unpaired) electrons. The molecular weight excluding hydrogens is 569 g/mol. The summed E-state index contributed by atoms with van der Waals surface area (Å²) in [5.74, 6) is 1.12. The molecule has 1 atom stereocenters. The highest BCUT2D eigenvalue weighted by atomic mass is 35.5. The fourth-order valence-corrected chi connectivity index (χ4v) is 7.54. The molecule has 1 unspecified atom stereocenters. The molecular formula is C27H26ClF3N4O2S2. The number of aromatic nitrogens is 3. The van der Waals surface area contributed by atoms with Crippen LogP contribution in [-0.2, 0) is 10.0 Å². The minimum Gasteiger partial charge on any atom is -0.325 e. The fraction of sp³-hybridized carbons (Fsp3) is 0.407. The number of sulfonamides is 1. The van der Waals surface area contributed by atoms with Gasteiger partial charge < -0.3 is 4.57 Å². The van der Waals surface area contributed by atoms with Crippen molar-refractivity contribution in [1.29, 1.82) is 0 Å². The van der Waals surface area contributed by atoms with E-state index < -0.39 is 15.5 Å². The van der Waals surface area contributed by atoms with Gasteiger partial charge in [-0.3, -0.25) is 0 Å². The molecule has 1 saturated carbocycles. The van der Waals surface area contributed by atoms with Crippen molar-refractivity contribution in [2.24, 2.45) is 0 Å². The first-order valence-electron chi connectivity index (χ1n) is 12.9. The molecule has 4 aromatic rings. The van der Waals surface area contributed by atoms with Crippen LogP contribution in [-0.4, -0.2) is 45.9 Å². The maximum absolute atomic E-state index is 13.2. The summed E-state index contributed by atoms with van der Waals surface area (Å²) in [6.45, 7) is -0.356. The van der Waals surface area contributed by atoms with E-state index in [-0.39, 0.29) is 37.9 Å². The molecule has 1 saturated heterocycles. The van der Waals surface area contributed by atoms with Gasteiger partial charge in [0.25, 0.3) is 0 Å². The molecule has 2 aromatic heterocycles. The third kappa shape index (κ3) is 4.87. The minimum absolute atomic E-state index is 0.124. The average Bonchev–Trinajstić information content (AvgIpc) is 3.52. The van der Waals surface area contributed by atoms with Crippen molar-refractivity contribution in [1.82, 2.24) is 18.8 Å². The number of benzene rings is 2. The molecule has 0 bridgehead atoms. The Balaban J connectivity index is 1.41. The lowest BCUT2D eigenvalue weighted by molar-refractivity contribution is -0.0496. The van der Waals surface area contributed by atoms with Gasteiger partial charge in [-0.25, -0.2) is 18.4 Å². The van der Waals surface area contributed by atoms with Crippen molar-refractivity contribution >= 4 is 44.0 Å². The van der Waals surface area contributed by atoms with Crippen LogP contribution in [0.4, 0.5) is 13.2 Å². The zero-order valence-electron chi connectivity index (χ0n) is 20.8. The van der Waals surface area contributed by atoms with Gasteiger partial charge in [0.15, 0.2) is 0 Å².